The van der Waals surface area contributed by atoms with E-state index in [1.54, 1.807) is 19.1 Å². The lowest BCUT2D eigenvalue weighted by atomic mass is 10.1. The number of anilines is 1. The summed E-state index contributed by atoms with van der Waals surface area (Å²) in [6, 6.07) is 14.9. The van der Waals surface area contributed by atoms with E-state index in [1.807, 2.05) is 41.8 Å². The van der Waals surface area contributed by atoms with Crippen molar-refractivity contribution in [2.24, 2.45) is 0 Å². The lowest BCUT2D eigenvalue weighted by molar-refractivity contribution is 0.0526. The Balaban J connectivity index is 1.76. The average molecular weight is 354 g/mol. The van der Waals surface area contributed by atoms with Gasteiger partial charge in [0.2, 0.25) is 0 Å². The molecule has 25 heavy (non-hydrogen) atoms. The van der Waals surface area contributed by atoms with Gasteiger partial charge in [0.25, 0.3) is 0 Å². The van der Waals surface area contributed by atoms with Crippen LogP contribution in [0.5, 0.6) is 5.75 Å². The van der Waals surface area contributed by atoms with Crippen LogP contribution in [0.2, 0.25) is 0 Å². The quantitative estimate of drug-likeness (QED) is 0.673. The highest BCUT2D eigenvalue weighted by atomic mass is 32.1. The summed E-state index contributed by atoms with van der Waals surface area (Å²) < 4.78 is 11.0. The second kappa shape index (κ2) is 7.81. The van der Waals surface area contributed by atoms with Crippen LogP contribution in [-0.4, -0.2) is 17.6 Å². The molecule has 3 aromatic rings. The monoisotopic (exact) mass is 354 g/mol. The van der Waals surface area contributed by atoms with Crippen LogP contribution in [0.15, 0.2) is 53.9 Å². The molecule has 3 rings (SSSR count). The Morgan fingerprint density at radius 1 is 1.20 bits per heavy atom. The van der Waals surface area contributed by atoms with E-state index in [0.717, 1.165) is 16.8 Å². The van der Waals surface area contributed by atoms with Gasteiger partial charge in [-0.3, -0.25) is 0 Å². The van der Waals surface area contributed by atoms with E-state index < -0.39 is 0 Å². The number of hydrogen-bond acceptors (Lipinski definition) is 6. The summed E-state index contributed by atoms with van der Waals surface area (Å²) in [5, 5.41) is 2.42. The maximum atomic E-state index is 11.8. The first-order valence-corrected chi connectivity index (χ1v) is 8.74. The minimum Gasteiger partial charge on any atom is -0.488 e. The summed E-state index contributed by atoms with van der Waals surface area (Å²) in [4.78, 5) is 16.1. The molecule has 0 aliphatic heterocycles. The standard InChI is InChI=1S/C19H18N2O3S/c1-2-23-18(22)14-7-5-6-13(10-14)11-24-17-9-4-3-8-15(17)16-12-25-19(20)21-16/h3-10,12H,2,11H2,1H3,(H2,20,21). The molecule has 0 amide bonds. The van der Waals surface area contributed by atoms with Crippen LogP contribution in [0.3, 0.4) is 0 Å². The highest BCUT2D eigenvalue weighted by molar-refractivity contribution is 7.13. The fraction of sp³-hybridized carbons (Fsp3) is 0.158. The predicted octanol–water partition coefficient (Wildman–Crippen LogP) is 4.15. The van der Waals surface area contributed by atoms with Gasteiger partial charge in [-0.25, -0.2) is 9.78 Å². The zero-order chi connectivity index (χ0) is 17.6. The van der Waals surface area contributed by atoms with Gasteiger partial charge in [0.15, 0.2) is 5.13 Å². The number of nitrogen functional groups attached to an aromatic ring is 1. The zero-order valence-electron chi connectivity index (χ0n) is 13.8. The summed E-state index contributed by atoms with van der Waals surface area (Å²) in [5.74, 6) is 0.386. The summed E-state index contributed by atoms with van der Waals surface area (Å²) in [6.45, 7) is 2.47. The fourth-order valence-corrected chi connectivity index (χ4v) is 2.94. The minimum absolute atomic E-state index is 0.331. The Morgan fingerprint density at radius 3 is 2.80 bits per heavy atom. The Labute approximate surface area is 150 Å². The Morgan fingerprint density at radius 2 is 2.04 bits per heavy atom. The van der Waals surface area contributed by atoms with E-state index >= 15 is 0 Å². The fourth-order valence-electron chi connectivity index (χ4n) is 2.38. The van der Waals surface area contributed by atoms with E-state index in [9.17, 15) is 4.79 Å². The highest BCUT2D eigenvalue weighted by Gasteiger charge is 2.10. The first-order chi connectivity index (χ1) is 12.2. The van der Waals surface area contributed by atoms with E-state index in [-0.39, 0.29) is 5.97 Å². The number of benzene rings is 2. The Bertz CT molecular complexity index is 876. The van der Waals surface area contributed by atoms with Crippen LogP contribution >= 0.6 is 11.3 Å². The number of rotatable bonds is 6. The Kier molecular flexibility index (Phi) is 5.30. The molecule has 0 aliphatic carbocycles. The summed E-state index contributed by atoms with van der Waals surface area (Å²) in [5.41, 5.74) is 8.80. The molecule has 0 unspecified atom stereocenters. The van der Waals surface area contributed by atoms with Crippen molar-refractivity contribution in [1.29, 1.82) is 0 Å². The van der Waals surface area contributed by atoms with Gasteiger partial charge in [-0.05, 0) is 36.8 Å². The van der Waals surface area contributed by atoms with Gasteiger partial charge in [-0.15, -0.1) is 11.3 Å². The molecular formula is C19H18N2O3S. The van der Waals surface area contributed by atoms with Crippen LogP contribution < -0.4 is 10.5 Å². The number of thiazole rings is 1. The van der Waals surface area contributed by atoms with Gasteiger partial charge in [-0.1, -0.05) is 24.3 Å². The van der Waals surface area contributed by atoms with Crippen molar-refractivity contribution in [2.45, 2.75) is 13.5 Å². The first-order valence-electron chi connectivity index (χ1n) is 7.86. The smallest absolute Gasteiger partial charge is 0.338 e. The van der Waals surface area contributed by atoms with E-state index in [2.05, 4.69) is 4.98 Å². The molecule has 1 heterocycles. The first kappa shape index (κ1) is 17.0. The summed E-state index contributed by atoms with van der Waals surface area (Å²) in [6.07, 6.45) is 0. The maximum Gasteiger partial charge on any atom is 0.338 e. The van der Waals surface area contributed by atoms with Gasteiger partial charge >= 0.3 is 5.97 Å². The Hall–Kier alpha value is -2.86. The number of carbonyl (C=O) groups is 1. The molecule has 0 saturated carbocycles. The molecule has 2 N–H and O–H groups in total. The van der Waals surface area contributed by atoms with Gasteiger partial charge in [0.1, 0.15) is 12.4 Å². The van der Waals surface area contributed by atoms with Crippen LogP contribution in [0.1, 0.15) is 22.8 Å². The molecule has 0 saturated heterocycles. The van der Waals surface area contributed by atoms with Gasteiger partial charge in [-0.2, -0.15) is 0 Å². The summed E-state index contributed by atoms with van der Waals surface area (Å²) >= 11 is 1.39. The number of ether oxygens (including phenoxy) is 2. The molecule has 1 aromatic heterocycles. The molecular weight excluding hydrogens is 336 g/mol. The number of esters is 1. The molecule has 0 atom stereocenters. The third-order valence-electron chi connectivity index (χ3n) is 3.52. The maximum absolute atomic E-state index is 11.8. The number of hydrogen-bond donors (Lipinski definition) is 1. The SMILES string of the molecule is CCOC(=O)c1cccc(COc2ccccc2-c2csc(N)n2)c1. The molecule has 6 heteroatoms. The minimum atomic E-state index is -0.331. The molecule has 0 spiro atoms. The molecule has 2 aromatic carbocycles. The van der Waals surface area contributed by atoms with Crippen molar-refractivity contribution in [1.82, 2.24) is 4.98 Å². The van der Waals surface area contributed by atoms with Crippen LogP contribution in [-0.2, 0) is 11.3 Å². The second-order valence-electron chi connectivity index (χ2n) is 5.28. The van der Waals surface area contributed by atoms with Gasteiger partial charge in [0.05, 0.1) is 17.9 Å². The number of aromatic nitrogens is 1. The van der Waals surface area contributed by atoms with Crippen molar-refractivity contribution < 1.29 is 14.3 Å². The van der Waals surface area contributed by atoms with Crippen LogP contribution in [0, 0.1) is 0 Å². The molecule has 0 bridgehead atoms. The highest BCUT2D eigenvalue weighted by Crippen LogP contribution is 2.31. The topological polar surface area (TPSA) is 74.4 Å². The normalized spacial score (nSPS) is 10.4. The molecule has 5 nitrogen and oxygen atoms in total. The van der Waals surface area contributed by atoms with Crippen molar-refractivity contribution in [3.05, 3.63) is 65.0 Å². The molecule has 0 radical (unpaired) electrons. The average Bonchev–Trinajstić information content (AvgIpc) is 3.07. The number of carbonyl (C=O) groups excluding carboxylic acids is 1. The molecule has 0 fully saturated rings. The molecule has 128 valence electrons. The van der Waals surface area contributed by atoms with E-state index in [4.69, 9.17) is 15.2 Å². The number of para-hydroxylation sites is 1. The van der Waals surface area contributed by atoms with Gasteiger partial charge in [0, 0.05) is 10.9 Å². The van der Waals surface area contributed by atoms with Crippen LogP contribution in [0.25, 0.3) is 11.3 Å². The number of nitrogens with zero attached hydrogens (tertiary/aromatic N) is 1. The third kappa shape index (κ3) is 4.16. The van der Waals surface area contributed by atoms with E-state index in [0.29, 0.717) is 29.7 Å². The van der Waals surface area contributed by atoms with E-state index in [1.165, 1.54) is 11.3 Å². The van der Waals surface area contributed by atoms with Crippen LogP contribution in [0.4, 0.5) is 5.13 Å². The van der Waals surface area contributed by atoms with Gasteiger partial charge < -0.3 is 15.2 Å². The second-order valence-corrected chi connectivity index (χ2v) is 6.17. The summed E-state index contributed by atoms with van der Waals surface area (Å²) in [7, 11) is 0. The third-order valence-corrected chi connectivity index (χ3v) is 4.19. The van der Waals surface area contributed by atoms with Crippen molar-refractivity contribution in [3.8, 4) is 17.0 Å². The molecule has 0 aliphatic rings. The van der Waals surface area contributed by atoms with Crippen molar-refractivity contribution in [2.75, 3.05) is 12.3 Å². The van der Waals surface area contributed by atoms with Crippen molar-refractivity contribution >= 4 is 22.4 Å². The van der Waals surface area contributed by atoms with Crippen molar-refractivity contribution in [3.63, 3.8) is 0 Å². The predicted molar refractivity (Wildman–Crippen MR) is 98.7 cm³/mol. The largest absolute Gasteiger partial charge is 0.488 e. The lowest BCUT2D eigenvalue weighted by Gasteiger charge is -2.11. The zero-order valence-corrected chi connectivity index (χ0v) is 14.6. The lowest BCUT2D eigenvalue weighted by Crippen LogP contribution is -2.05. The number of nitrogens with two attached hydrogens (primary N) is 1.